The van der Waals surface area contributed by atoms with Gasteiger partial charge in [0.05, 0.1) is 44.6 Å². The van der Waals surface area contributed by atoms with Crippen LogP contribution in [0.2, 0.25) is 0 Å². The second kappa shape index (κ2) is 13.2. The van der Waals surface area contributed by atoms with Crippen LogP contribution in [-0.2, 0) is 5.41 Å². The zero-order valence-electron chi connectivity index (χ0n) is 34.5. The highest BCUT2D eigenvalue weighted by Gasteiger charge is 2.51. The van der Waals surface area contributed by atoms with E-state index < -0.39 is 5.41 Å². The Bertz CT molecular complexity index is 3830. The van der Waals surface area contributed by atoms with Crippen LogP contribution in [0.3, 0.4) is 0 Å². The number of rotatable bonds is 4. The van der Waals surface area contributed by atoms with Gasteiger partial charge in [0, 0.05) is 55.0 Å². The molecule has 2 aliphatic rings. The quantitative estimate of drug-likeness (QED) is 0.178. The summed E-state index contributed by atoms with van der Waals surface area (Å²) in [6, 6.07) is 78.1. The van der Waals surface area contributed by atoms with E-state index in [4.69, 9.17) is 14.7 Å². The molecule has 0 N–H and O–H groups in total. The van der Waals surface area contributed by atoms with Crippen LogP contribution in [0.5, 0.6) is 11.5 Å². The van der Waals surface area contributed by atoms with Crippen molar-refractivity contribution in [3.63, 3.8) is 0 Å². The molecule has 0 saturated heterocycles. The lowest BCUT2D eigenvalue weighted by Crippen LogP contribution is -2.37. The zero-order chi connectivity index (χ0) is 41.9. The summed E-state index contributed by atoms with van der Waals surface area (Å²) in [5.74, 6) is 2.36. The Morgan fingerprint density at radius 2 is 0.938 bits per heavy atom. The van der Waals surface area contributed by atoms with Gasteiger partial charge in [0.25, 0.3) is 0 Å². The normalized spacial score (nSPS) is 14.8. The Balaban J connectivity index is 1.06. The third-order valence-electron chi connectivity index (χ3n) is 13.6. The van der Waals surface area contributed by atoms with Crippen LogP contribution in [0.15, 0.2) is 218 Å². The summed E-state index contributed by atoms with van der Waals surface area (Å²) in [6.07, 6.45) is 0. The maximum absolute atomic E-state index is 7.36. The van der Waals surface area contributed by atoms with Crippen LogP contribution in [0.4, 0.5) is 0 Å². The van der Waals surface area contributed by atoms with Gasteiger partial charge in [-0.15, -0.1) is 0 Å². The third-order valence-corrected chi connectivity index (χ3v) is 13.6. The SMILES string of the molecule is c1ccc(-c2cc(-c3ccccc3)nc(-c3cccc(-n4c5ccccc5c5ccc6c(c54)Oc4ccccc4C64c5ccccc5-n5c6ccccc6c6cccc4c65)c3)n2)cc1. The lowest BCUT2D eigenvalue weighted by atomic mass is 9.61. The number of hydrogen-bond donors (Lipinski definition) is 0. The van der Waals surface area contributed by atoms with Crippen molar-refractivity contribution in [2.45, 2.75) is 5.41 Å². The van der Waals surface area contributed by atoms with Gasteiger partial charge in [-0.25, -0.2) is 9.97 Å². The molecule has 5 nitrogen and oxygen atoms in total. The van der Waals surface area contributed by atoms with Crippen molar-refractivity contribution in [3.8, 4) is 56.8 Å². The highest BCUT2D eigenvalue weighted by molar-refractivity contribution is 6.14. The number of fused-ring (bicyclic) bond motifs is 15. The highest BCUT2D eigenvalue weighted by Crippen LogP contribution is 2.62. The second-order valence-electron chi connectivity index (χ2n) is 16.9. The summed E-state index contributed by atoms with van der Waals surface area (Å²) in [5, 5.41) is 4.77. The van der Waals surface area contributed by atoms with Crippen molar-refractivity contribution in [1.82, 2.24) is 19.1 Å². The molecule has 0 bridgehead atoms. The van der Waals surface area contributed by atoms with E-state index in [-0.39, 0.29) is 0 Å². The van der Waals surface area contributed by atoms with Crippen molar-refractivity contribution in [1.29, 1.82) is 0 Å². The van der Waals surface area contributed by atoms with Crippen molar-refractivity contribution in [2.75, 3.05) is 0 Å². The molecule has 0 fully saturated rings. The predicted molar refractivity (Wildman–Crippen MR) is 259 cm³/mol. The molecule has 9 aromatic carbocycles. The molecule has 1 atom stereocenters. The van der Waals surface area contributed by atoms with Gasteiger partial charge >= 0.3 is 0 Å². The molecular formula is C59H36N4O. The molecule has 1 unspecified atom stereocenters. The molecule has 0 amide bonds. The topological polar surface area (TPSA) is 44.9 Å². The molecule has 64 heavy (non-hydrogen) atoms. The number of benzene rings is 9. The molecule has 12 aromatic rings. The minimum absolute atomic E-state index is 0.663. The maximum atomic E-state index is 7.36. The molecule has 14 rings (SSSR count). The number of aromatic nitrogens is 4. The van der Waals surface area contributed by atoms with Crippen LogP contribution < -0.4 is 4.74 Å². The van der Waals surface area contributed by atoms with E-state index in [9.17, 15) is 0 Å². The van der Waals surface area contributed by atoms with E-state index >= 15 is 0 Å². The lowest BCUT2D eigenvalue weighted by Gasteiger charge is -2.45. The first kappa shape index (κ1) is 35.1. The van der Waals surface area contributed by atoms with E-state index in [1.165, 1.54) is 38.6 Å². The number of nitrogens with zero attached hydrogens (tertiary/aromatic N) is 4. The maximum Gasteiger partial charge on any atom is 0.160 e. The summed E-state index contributed by atoms with van der Waals surface area (Å²) in [7, 11) is 0. The van der Waals surface area contributed by atoms with Crippen molar-refractivity contribution in [2.24, 2.45) is 0 Å². The summed E-state index contributed by atoms with van der Waals surface area (Å²) in [6.45, 7) is 0. The predicted octanol–water partition coefficient (Wildman–Crippen LogP) is 14.5. The van der Waals surface area contributed by atoms with Gasteiger partial charge in [-0.05, 0) is 53.6 Å². The number of para-hydroxylation sites is 5. The largest absolute Gasteiger partial charge is 0.454 e. The smallest absolute Gasteiger partial charge is 0.160 e. The first-order valence-electron chi connectivity index (χ1n) is 21.8. The number of ether oxygens (including phenoxy) is 1. The van der Waals surface area contributed by atoms with Gasteiger partial charge in [-0.2, -0.15) is 0 Å². The Morgan fingerprint density at radius 3 is 1.69 bits per heavy atom. The van der Waals surface area contributed by atoms with E-state index in [2.05, 4.69) is 215 Å². The molecule has 5 heterocycles. The molecule has 1 spiro atoms. The van der Waals surface area contributed by atoms with Crippen molar-refractivity contribution in [3.05, 3.63) is 241 Å². The van der Waals surface area contributed by atoms with Gasteiger partial charge in [-0.1, -0.05) is 176 Å². The molecule has 0 aliphatic carbocycles. The lowest BCUT2D eigenvalue weighted by molar-refractivity contribution is 0.438. The van der Waals surface area contributed by atoms with Crippen molar-refractivity contribution < 1.29 is 4.74 Å². The monoisotopic (exact) mass is 816 g/mol. The van der Waals surface area contributed by atoms with E-state index in [0.29, 0.717) is 5.82 Å². The van der Waals surface area contributed by atoms with Gasteiger partial charge in [0.2, 0.25) is 0 Å². The Hall–Kier alpha value is -8.54. The van der Waals surface area contributed by atoms with E-state index in [1.807, 2.05) is 12.1 Å². The Labute approximate surface area is 368 Å². The molecule has 3 aromatic heterocycles. The van der Waals surface area contributed by atoms with Crippen LogP contribution in [0.25, 0.3) is 88.9 Å². The fourth-order valence-corrected chi connectivity index (χ4v) is 11.0. The van der Waals surface area contributed by atoms with E-state index in [0.717, 1.165) is 78.2 Å². The summed E-state index contributed by atoms with van der Waals surface area (Å²) < 4.78 is 12.2. The van der Waals surface area contributed by atoms with Gasteiger partial charge in [0.1, 0.15) is 5.75 Å². The standard InChI is InChI=1S/C59H36N4O/c1-3-17-37(18-4-1)49-36-50(38-19-5-2-6-20-38)61-58(60-49)39-21-15-22-40(35-39)62-51-29-11-7-24-42(51)44-33-34-48-57(56(44)62)64-54-32-14-10-27-46(54)59(48)45-26-9-13-31-53(45)63-52-30-12-8-23-41(52)43-25-16-28-47(59)55(43)63/h1-36H. The van der Waals surface area contributed by atoms with E-state index in [1.54, 1.807) is 0 Å². The molecule has 2 aliphatic heterocycles. The fourth-order valence-electron chi connectivity index (χ4n) is 11.0. The third kappa shape index (κ3) is 4.72. The molecular weight excluding hydrogens is 781 g/mol. The number of hydrogen-bond acceptors (Lipinski definition) is 3. The average Bonchev–Trinajstić information content (AvgIpc) is 3.90. The molecule has 5 heteroatoms. The zero-order valence-corrected chi connectivity index (χ0v) is 34.5. The first-order chi connectivity index (χ1) is 31.8. The van der Waals surface area contributed by atoms with Gasteiger partial charge in [0.15, 0.2) is 11.6 Å². The highest BCUT2D eigenvalue weighted by atomic mass is 16.5. The second-order valence-corrected chi connectivity index (χ2v) is 16.9. The summed E-state index contributed by atoms with van der Waals surface area (Å²) in [5.41, 5.74) is 15.5. The molecule has 0 radical (unpaired) electrons. The van der Waals surface area contributed by atoms with Crippen LogP contribution in [0.1, 0.15) is 22.3 Å². The molecule has 0 saturated carbocycles. The average molecular weight is 817 g/mol. The van der Waals surface area contributed by atoms with Gasteiger partial charge < -0.3 is 13.9 Å². The summed E-state index contributed by atoms with van der Waals surface area (Å²) in [4.78, 5) is 10.5. The van der Waals surface area contributed by atoms with Gasteiger partial charge in [-0.3, -0.25) is 0 Å². The van der Waals surface area contributed by atoms with Crippen LogP contribution >= 0.6 is 0 Å². The van der Waals surface area contributed by atoms with Crippen molar-refractivity contribution >= 4 is 43.6 Å². The first-order valence-corrected chi connectivity index (χ1v) is 21.8. The Kier molecular flexibility index (Phi) is 7.26. The Morgan fingerprint density at radius 1 is 0.375 bits per heavy atom. The van der Waals surface area contributed by atoms with Crippen LogP contribution in [-0.4, -0.2) is 19.1 Å². The fraction of sp³-hybridized carbons (Fsp3) is 0.0169. The summed E-state index contributed by atoms with van der Waals surface area (Å²) >= 11 is 0. The minimum atomic E-state index is -0.693. The minimum Gasteiger partial charge on any atom is -0.454 e. The van der Waals surface area contributed by atoms with Crippen LogP contribution in [0, 0.1) is 0 Å². The molecule has 298 valence electrons.